The maximum atomic E-state index is 13.6. The van der Waals surface area contributed by atoms with Crippen molar-refractivity contribution in [1.82, 2.24) is 4.98 Å². The number of hydrogen-bond donors (Lipinski definition) is 3. The molecule has 0 aliphatic carbocycles. The van der Waals surface area contributed by atoms with E-state index < -0.39 is 22.4 Å². The third kappa shape index (κ3) is 7.34. The number of nitrogens with one attached hydrogen (secondary N) is 1. The first kappa shape index (κ1) is 32.8. The standard InChI is InChI=1S/C39H34N2O6S2/c42-24-26-14-16-29(17-15-26)38-36(27-7-2-1-3-8-27)34(25-48-33-20-18-32(43)19-21-33)46-39(47-38)30-10-4-12-31(23-30)41-49(44,45)35-13-5-9-28-11-6-22-40-37(28)35/h1-23,34,36,38-39,41-43H,24-25H2. The Hall–Kier alpha value is -4.71. The minimum atomic E-state index is -3.98. The number of thioether (sulfide) groups is 1. The van der Waals surface area contributed by atoms with Gasteiger partial charge in [0.15, 0.2) is 6.29 Å². The summed E-state index contributed by atoms with van der Waals surface area (Å²) in [6, 6.07) is 40.7. The number of ether oxygens (including phenoxy) is 2. The van der Waals surface area contributed by atoms with Crippen LogP contribution >= 0.6 is 11.8 Å². The molecule has 1 fully saturated rings. The van der Waals surface area contributed by atoms with Gasteiger partial charge in [-0.25, -0.2) is 8.42 Å². The maximum absolute atomic E-state index is 13.6. The van der Waals surface area contributed by atoms with Crippen molar-refractivity contribution in [2.75, 3.05) is 10.5 Å². The van der Waals surface area contributed by atoms with Gasteiger partial charge in [0.1, 0.15) is 10.6 Å². The van der Waals surface area contributed by atoms with Crippen LogP contribution in [0.2, 0.25) is 0 Å². The largest absolute Gasteiger partial charge is 0.508 e. The SMILES string of the molecule is O=S(=O)(Nc1cccc(C2OC(CSc3ccc(O)cc3)C(c3ccccc3)C(c3ccc(CO)cc3)O2)c1)c1cccc2cccnc12. The number of fused-ring (bicyclic) bond motifs is 1. The van der Waals surface area contributed by atoms with Gasteiger partial charge < -0.3 is 19.7 Å². The monoisotopic (exact) mass is 690 g/mol. The van der Waals surface area contributed by atoms with Crippen LogP contribution < -0.4 is 4.72 Å². The van der Waals surface area contributed by atoms with E-state index in [-0.39, 0.29) is 29.3 Å². The molecule has 248 valence electrons. The number of phenols is 1. The number of phenolic OH excluding ortho intramolecular Hbond substituents is 1. The molecule has 4 atom stereocenters. The van der Waals surface area contributed by atoms with Crippen LogP contribution in [0.25, 0.3) is 10.9 Å². The molecule has 4 unspecified atom stereocenters. The predicted molar refractivity (Wildman–Crippen MR) is 191 cm³/mol. The fraction of sp³-hybridized carbons (Fsp3) is 0.154. The molecule has 7 rings (SSSR count). The zero-order valence-electron chi connectivity index (χ0n) is 26.3. The Labute approximate surface area is 289 Å². The molecule has 10 heteroatoms. The van der Waals surface area contributed by atoms with E-state index in [1.54, 1.807) is 66.5 Å². The van der Waals surface area contributed by atoms with Gasteiger partial charge in [-0.3, -0.25) is 9.71 Å². The smallest absolute Gasteiger partial charge is 0.264 e. The van der Waals surface area contributed by atoms with Gasteiger partial charge in [-0.2, -0.15) is 0 Å². The number of aromatic hydroxyl groups is 1. The zero-order chi connectivity index (χ0) is 33.8. The normalized spacial score (nSPS) is 19.4. The molecule has 6 aromatic rings. The van der Waals surface area contributed by atoms with Crippen LogP contribution in [0, 0.1) is 0 Å². The van der Waals surface area contributed by atoms with Crippen LogP contribution in [0.4, 0.5) is 5.69 Å². The van der Waals surface area contributed by atoms with Gasteiger partial charge in [-0.15, -0.1) is 11.8 Å². The Morgan fingerprint density at radius 1 is 0.755 bits per heavy atom. The number of aliphatic hydroxyl groups is 1. The van der Waals surface area contributed by atoms with E-state index in [1.807, 2.05) is 72.8 Å². The quantitative estimate of drug-likeness (QED) is 0.124. The molecule has 49 heavy (non-hydrogen) atoms. The van der Waals surface area contributed by atoms with Crippen molar-refractivity contribution in [3.05, 3.63) is 162 Å². The minimum absolute atomic E-state index is 0.0664. The third-order valence-electron chi connectivity index (χ3n) is 8.52. The molecule has 0 spiro atoms. The molecule has 1 aliphatic rings. The molecule has 1 aliphatic heterocycles. The van der Waals surface area contributed by atoms with E-state index in [9.17, 15) is 18.6 Å². The van der Waals surface area contributed by atoms with Gasteiger partial charge in [0.25, 0.3) is 10.0 Å². The van der Waals surface area contributed by atoms with Crippen molar-refractivity contribution in [3.8, 4) is 5.75 Å². The van der Waals surface area contributed by atoms with Gasteiger partial charge in [0, 0.05) is 39.4 Å². The first-order valence-electron chi connectivity index (χ1n) is 15.8. The van der Waals surface area contributed by atoms with Crippen molar-refractivity contribution in [1.29, 1.82) is 0 Å². The summed E-state index contributed by atoms with van der Waals surface area (Å²) in [6.45, 7) is -0.0664. The number of pyridine rings is 1. The number of anilines is 1. The molecule has 0 saturated carbocycles. The van der Waals surface area contributed by atoms with Crippen molar-refractivity contribution in [3.63, 3.8) is 0 Å². The highest BCUT2D eigenvalue weighted by Gasteiger charge is 2.42. The van der Waals surface area contributed by atoms with Crippen LogP contribution in [-0.2, 0) is 26.1 Å². The number of aliphatic hydroxyl groups excluding tert-OH is 1. The Balaban J connectivity index is 1.23. The topological polar surface area (TPSA) is 118 Å². The second kappa shape index (κ2) is 14.4. The first-order chi connectivity index (χ1) is 23.9. The van der Waals surface area contributed by atoms with Gasteiger partial charge in [0.2, 0.25) is 0 Å². The number of hydrogen-bond acceptors (Lipinski definition) is 8. The van der Waals surface area contributed by atoms with Gasteiger partial charge >= 0.3 is 0 Å². The summed E-state index contributed by atoms with van der Waals surface area (Å²) in [7, 11) is -3.98. The molecule has 1 aromatic heterocycles. The molecule has 3 N–H and O–H groups in total. The number of rotatable bonds is 10. The predicted octanol–water partition coefficient (Wildman–Crippen LogP) is 7.96. The highest BCUT2D eigenvalue weighted by Crippen LogP contribution is 2.48. The molecular weight excluding hydrogens is 657 g/mol. The van der Waals surface area contributed by atoms with E-state index in [0.29, 0.717) is 22.5 Å². The number of aromatic nitrogens is 1. The molecular formula is C39H34N2O6S2. The lowest BCUT2D eigenvalue weighted by Crippen LogP contribution is -2.38. The van der Waals surface area contributed by atoms with Crippen LogP contribution in [0.15, 0.2) is 149 Å². The minimum Gasteiger partial charge on any atom is -0.508 e. The lowest BCUT2D eigenvalue weighted by atomic mass is 9.84. The Morgan fingerprint density at radius 2 is 1.49 bits per heavy atom. The second-order valence-electron chi connectivity index (χ2n) is 11.8. The molecule has 1 saturated heterocycles. The summed E-state index contributed by atoms with van der Waals surface area (Å²) in [5, 5.41) is 20.2. The maximum Gasteiger partial charge on any atom is 0.264 e. The van der Waals surface area contributed by atoms with Crippen LogP contribution in [0.3, 0.4) is 0 Å². The van der Waals surface area contributed by atoms with E-state index >= 15 is 0 Å². The first-order valence-corrected chi connectivity index (χ1v) is 18.3. The van der Waals surface area contributed by atoms with Gasteiger partial charge in [0.05, 0.1) is 24.3 Å². The Morgan fingerprint density at radius 3 is 2.27 bits per heavy atom. The van der Waals surface area contributed by atoms with Gasteiger partial charge in [-0.05, 0) is 65.2 Å². The van der Waals surface area contributed by atoms with E-state index in [1.165, 1.54) is 0 Å². The van der Waals surface area contributed by atoms with Crippen molar-refractivity contribution in [2.24, 2.45) is 0 Å². The fourth-order valence-electron chi connectivity index (χ4n) is 6.12. The lowest BCUT2D eigenvalue weighted by molar-refractivity contribution is -0.255. The van der Waals surface area contributed by atoms with Crippen LogP contribution in [0.1, 0.15) is 40.6 Å². The summed E-state index contributed by atoms with van der Waals surface area (Å²) in [4.78, 5) is 5.40. The second-order valence-corrected chi connectivity index (χ2v) is 14.5. The highest BCUT2D eigenvalue weighted by atomic mass is 32.2. The van der Waals surface area contributed by atoms with E-state index in [2.05, 4.69) is 21.8 Å². The molecule has 2 heterocycles. The number of para-hydroxylation sites is 1. The molecule has 8 nitrogen and oxygen atoms in total. The number of sulfonamides is 1. The van der Waals surface area contributed by atoms with Crippen molar-refractivity contribution >= 4 is 38.4 Å². The number of nitrogens with zero attached hydrogens (tertiary/aromatic N) is 1. The summed E-state index contributed by atoms with van der Waals surface area (Å²) < 4.78 is 43.6. The summed E-state index contributed by atoms with van der Waals surface area (Å²) >= 11 is 1.62. The molecule has 0 radical (unpaired) electrons. The fourth-order valence-corrected chi connectivity index (χ4v) is 8.33. The average Bonchev–Trinajstić information content (AvgIpc) is 3.14. The highest BCUT2D eigenvalue weighted by molar-refractivity contribution is 7.99. The lowest BCUT2D eigenvalue weighted by Gasteiger charge is -2.43. The summed E-state index contributed by atoms with van der Waals surface area (Å²) in [5.41, 5.74) is 4.19. The van der Waals surface area contributed by atoms with Crippen molar-refractivity contribution in [2.45, 2.75) is 40.8 Å². The molecule has 0 amide bonds. The summed E-state index contributed by atoms with van der Waals surface area (Å²) in [6.07, 6.45) is -0.00499. The Kier molecular flexibility index (Phi) is 9.65. The van der Waals surface area contributed by atoms with E-state index in [4.69, 9.17) is 9.47 Å². The van der Waals surface area contributed by atoms with E-state index in [0.717, 1.165) is 27.0 Å². The molecule has 5 aromatic carbocycles. The third-order valence-corrected chi connectivity index (χ3v) is 11.0. The average molecular weight is 691 g/mol. The summed E-state index contributed by atoms with van der Waals surface area (Å²) in [5.74, 6) is 0.589. The zero-order valence-corrected chi connectivity index (χ0v) is 27.9. The van der Waals surface area contributed by atoms with Gasteiger partial charge in [-0.1, -0.05) is 84.9 Å². The Bertz CT molecular complexity index is 2140. The molecule has 0 bridgehead atoms. The number of benzene rings is 5. The van der Waals surface area contributed by atoms with Crippen LogP contribution in [0.5, 0.6) is 5.75 Å². The van der Waals surface area contributed by atoms with Crippen molar-refractivity contribution < 1.29 is 28.1 Å². The van der Waals surface area contributed by atoms with Crippen LogP contribution in [-0.4, -0.2) is 35.5 Å².